The Balaban J connectivity index is 2.43. The highest BCUT2D eigenvalue weighted by molar-refractivity contribution is 7.94. The van der Waals surface area contributed by atoms with Crippen molar-refractivity contribution in [2.24, 2.45) is 0 Å². The summed E-state index contributed by atoms with van der Waals surface area (Å²) in [7, 11) is 0. The zero-order valence-corrected chi connectivity index (χ0v) is 6.77. The molecule has 0 unspecified atom stereocenters. The van der Waals surface area contributed by atoms with Crippen LogP contribution in [0.15, 0.2) is 35.2 Å². The number of rotatable bonds is 3. The fourth-order valence-corrected chi connectivity index (χ4v) is 0.999. The molecule has 0 aliphatic carbocycles. The van der Waals surface area contributed by atoms with Crippen molar-refractivity contribution in [2.45, 2.75) is 4.90 Å². The summed E-state index contributed by atoms with van der Waals surface area (Å²) in [5.74, 6) is 0. The lowest BCUT2D eigenvalue weighted by Crippen LogP contribution is -1.71. The maximum absolute atomic E-state index is 4.50. The molecule has 1 rings (SSSR count). The van der Waals surface area contributed by atoms with E-state index >= 15 is 0 Å². The van der Waals surface area contributed by atoms with E-state index in [1.54, 1.807) is 0 Å². The summed E-state index contributed by atoms with van der Waals surface area (Å²) in [6.07, 6.45) is 0. The van der Waals surface area contributed by atoms with Crippen molar-refractivity contribution >= 4 is 25.0 Å². The van der Waals surface area contributed by atoms with Crippen LogP contribution in [0.3, 0.4) is 0 Å². The third-order valence-electron chi connectivity index (χ3n) is 0.904. The lowest BCUT2D eigenvalue weighted by Gasteiger charge is -1.94. The van der Waals surface area contributed by atoms with Crippen LogP contribution in [0, 0.1) is 0 Å². The molecule has 10 heavy (non-hydrogen) atoms. The minimum absolute atomic E-state index is 0.983. The highest BCUT2D eigenvalue weighted by atomic mass is 32.2. The van der Waals surface area contributed by atoms with E-state index in [1.165, 1.54) is 0 Å². The van der Waals surface area contributed by atoms with Gasteiger partial charge in [-0.15, -0.1) is 4.33 Å². The van der Waals surface area contributed by atoms with Crippen molar-refractivity contribution in [3.8, 4) is 0 Å². The van der Waals surface area contributed by atoms with Gasteiger partial charge in [0.05, 0.1) is 12.0 Å². The summed E-state index contributed by atoms with van der Waals surface area (Å²) in [6.45, 7) is 0. The first-order valence-electron chi connectivity index (χ1n) is 2.63. The molecule has 0 heterocycles. The predicted molar refractivity (Wildman–Crippen MR) is 43.5 cm³/mol. The van der Waals surface area contributed by atoms with E-state index in [-0.39, 0.29) is 0 Å². The predicted octanol–water partition coefficient (Wildman–Crippen LogP) is 2.49. The Morgan fingerprint density at radius 2 is 1.90 bits per heavy atom. The van der Waals surface area contributed by atoms with Crippen molar-refractivity contribution in [1.82, 2.24) is 0 Å². The van der Waals surface area contributed by atoms with Gasteiger partial charge in [0, 0.05) is 17.8 Å². The van der Waals surface area contributed by atoms with Crippen molar-refractivity contribution < 1.29 is 8.67 Å². The normalized spacial score (nSPS) is 9.70. The molecule has 2 nitrogen and oxygen atoms in total. The van der Waals surface area contributed by atoms with Crippen LogP contribution in [0.5, 0.6) is 0 Å². The monoisotopic (exact) mass is 174 g/mol. The van der Waals surface area contributed by atoms with E-state index < -0.39 is 0 Å². The van der Waals surface area contributed by atoms with Gasteiger partial charge in [0.2, 0.25) is 0 Å². The van der Waals surface area contributed by atoms with Crippen LogP contribution in [-0.4, -0.2) is 0 Å². The van der Waals surface area contributed by atoms with Gasteiger partial charge in [-0.3, -0.25) is 0 Å². The van der Waals surface area contributed by atoms with Crippen molar-refractivity contribution in [2.75, 3.05) is 0 Å². The van der Waals surface area contributed by atoms with Gasteiger partial charge in [0.25, 0.3) is 0 Å². The maximum atomic E-state index is 4.50. The molecular weight excluding hydrogens is 168 g/mol. The van der Waals surface area contributed by atoms with Crippen LogP contribution in [0.1, 0.15) is 0 Å². The molecule has 1 aromatic carbocycles. The maximum Gasteiger partial charge on any atom is 0.0695 e. The first kappa shape index (κ1) is 7.94. The van der Waals surface area contributed by atoms with E-state index in [0.29, 0.717) is 0 Å². The summed E-state index contributed by atoms with van der Waals surface area (Å²) in [6, 6.07) is 9.61. The molecule has 1 aromatic rings. The molecule has 54 valence electrons. The second-order valence-electron chi connectivity index (χ2n) is 1.54. The largest absolute Gasteiger partial charge is 0.154 e. The zero-order valence-electron chi connectivity index (χ0n) is 5.06. The Morgan fingerprint density at radius 1 is 1.20 bits per heavy atom. The lowest BCUT2D eigenvalue weighted by atomic mass is 10.4. The molecule has 0 bridgehead atoms. The SMILES string of the molecule is SOOSc1ccccc1. The van der Waals surface area contributed by atoms with Gasteiger partial charge in [0.15, 0.2) is 0 Å². The topological polar surface area (TPSA) is 18.5 Å². The van der Waals surface area contributed by atoms with Gasteiger partial charge in [0.1, 0.15) is 0 Å². The Morgan fingerprint density at radius 3 is 2.50 bits per heavy atom. The Bertz CT molecular complexity index is 178. The first-order valence-corrected chi connectivity index (χ1v) is 3.74. The molecule has 0 saturated carbocycles. The number of hydrogen-bond donors (Lipinski definition) is 1. The van der Waals surface area contributed by atoms with Crippen LogP contribution < -0.4 is 0 Å². The first-order chi connectivity index (χ1) is 4.93. The van der Waals surface area contributed by atoms with Crippen LogP contribution in [-0.2, 0) is 8.67 Å². The van der Waals surface area contributed by atoms with Crippen LogP contribution in [0.4, 0.5) is 0 Å². The van der Waals surface area contributed by atoms with Gasteiger partial charge in [-0.2, -0.15) is 4.33 Å². The lowest BCUT2D eigenvalue weighted by molar-refractivity contribution is -0.0496. The molecule has 0 spiro atoms. The van der Waals surface area contributed by atoms with Crippen molar-refractivity contribution in [3.05, 3.63) is 30.3 Å². The van der Waals surface area contributed by atoms with Crippen LogP contribution in [0.2, 0.25) is 0 Å². The van der Waals surface area contributed by atoms with E-state index in [2.05, 4.69) is 21.6 Å². The van der Waals surface area contributed by atoms with Crippen molar-refractivity contribution in [3.63, 3.8) is 0 Å². The van der Waals surface area contributed by atoms with Gasteiger partial charge < -0.3 is 0 Å². The summed E-state index contributed by atoms with van der Waals surface area (Å²) >= 11 is 4.53. The number of thiol groups is 1. The molecule has 0 aliphatic heterocycles. The molecule has 0 N–H and O–H groups in total. The Labute approximate surface area is 69.3 Å². The molecule has 0 fully saturated rings. The highest BCUT2D eigenvalue weighted by Gasteiger charge is 1.90. The standard InChI is InChI=1S/C6H6O2S2/c9-7-8-10-6-4-2-1-3-5-6/h1-5,9H. The fourth-order valence-electron chi connectivity index (χ4n) is 0.531. The average molecular weight is 174 g/mol. The van der Waals surface area contributed by atoms with E-state index in [1.807, 2.05) is 30.3 Å². The van der Waals surface area contributed by atoms with Gasteiger partial charge >= 0.3 is 0 Å². The summed E-state index contributed by atoms with van der Waals surface area (Å²) in [5.41, 5.74) is 0. The van der Waals surface area contributed by atoms with Gasteiger partial charge in [-0.1, -0.05) is 18.2 Å². The molecule has 0 saturated heterocycles. The van der Waals surface area contributed by atoms with E-state index in [9.17, 15) is 0 Å². The fraction of sp³-hybridized carbons (Fsp3) is 0. The highest BCUT2D eigenvalue weighted by Crippen LogP contribution is 2.18. The summed E-state index contributed by atoms with van der Waals surface area (Å²) in [5, 5.41) is 0. The quantitative estimate of drug-likeness (QED) is 0.329. The molecule has 0 aromatic heterocycles. The third kappa shape index (κ3) is 2.62. The molecule has 0 radical (unpaired) electrons. The average Bonchev–Trinajstić information content (AvgIpc) is 2.03. The molecule has 0 amide bonds. The number of benzene rings is 1. The zero-order chi connectivity index (χ0) is 7.23. The summed E-state index contributed by atoms with van der Waals surface area (Å²) < 4.78 is 8.60. The number of hydrogen-bond acceptors (Lipinski definition) is 4. The summed E-state index contributed by atoms with van der Waals surface area (Å²) in [4.78, 5) is 0.983. The van der Waals surface area contributed by atoms with E-state index in [0.717, 1.165) is 16.9 Å². The van der Waals surface area contributed by atoms with Gasteiger partial charge in [-0.05, 0) is 12.1 Å². The molecule has 0 aliphatic rings. The molecule has 0 atom stereocenters. The molecular formula is C6H6O2S2. The van der Waals surface area contributed by atoms with Crippen LogP contribution in [0.25, 0.3) is 0 Å². The smallest absolute Gasteiger partial charge is 0.0695 e. The minimum Gasteiger partial charge on any atom is -0.154 e. The van der Waals surface area contributed by atoms with Gasteiger partial charge in [-0.25, -0.2) is 0 Å². The second-order valence-corrected chi connectivity index (χ2v) is 2.46. The minimum atomic E-state index is 0.983. The molecule has 4 heteroatoms. The van der Waals surface area contributed by atoms with E-state index in [4.69, 9.17) is 0 Å². The second kappa shape index (κ2) is 4.62. The Kier molecular flexibility index (Phi) is 3.67. The third-order valence-corrected chi connectivity index (χ3v) is 1.68. The van der Waals surface area contributed by atoms with Crippen molar-refractivity contribution in [1.29, 1.82) is 0 Å². The Hall–Kier alpha value is -0.160. The van der Waals surface area contributed by atoms with Crippen LogP contribution >= 0.6 is 25.0 Å².